The van der Waals surface area contributed by atoms with E-state index in [1.165, 1.54) is 4.90 Å². The van der Waals surface area contributed by atoms with Gasteiger partial charge < -0.3 is 14.7 Å². The summed E-state index contributed by atoms with van der Waals surface area (Å²) in [6.45, 7) is 0. The molecular formula is C20H19N5OS. The van der Waals surface area contributed by atoms with E-state index < -0.39 is 5.54 Å². The highest BCUT2D eigenvalue weighted by Gasteiger charge is 2.39. The van der Waals surface area contributed by atoms with Crippen LogP contribution in [0, 0.1) is 0 Å². The lowest BCUT2D eigenvalue weighted by atomic mass is 9.77. The second-order valence-corrected chi connectivity index (χ2v) is 7.99. The molecule has 1 aliphatic rings. The molecule has 3 heterocycles. The van der Waals surface area contributed by atoms with Crippen LogP contribution in [0.25, 0.3) is 17.1 Å². The van der Waals surface area contributed by atoms with Gasteiger partial charge in [-0.05, 0) is 55.7 Å². The third-order valence-corrected chi connectivity index (χ3v) is 6.06. The van der Waals surface area contributed by atoms with Gasteiger partial charge in [0.25, 0.3) is 5.89 Å². The fourth-order valence-electron chi connectivity index (χ4n) is 3.23. The fourth-order valence-corrected chi connectivity index (χ4v) is 4.01. The number of thioether (sulfide) groups is 1. The van der Waals surface area contributed by atoms with Gasteiger partial charge in [-0.15, -0.1) is 11.8 Å². The maximum Gasteiger partial charge on any atom is 0.257 e. The predicted molar refractivity (Wildman–Crippen MR) is 104 cm³/mol. The van der Waals surface area contributed by atoms with Crippen LogP contribution in [-0.4, -0.2) is 19.5 Å². The molecule has 1 aromatic carbocycles. The molecule has 0 saturated heterocycles. The van der Waals surface area contributed by atoms with Gasteiger partial charge in [0.1, 0.15) is 5.65 Å². The first-order valence-corrected chi connectivity index (χ1v) is 9.97. The molecule has 1 aliphatic carbocycles. The van der Waals surface area contributed by atoms with Gasteiger partial charge in [0.2, 0.25) is 0 Å². The van der Waals surface area contributed by atoms with Crippen molar-refractivity contribution in [2.75, 3.05) is 0 Å². The largest absolute Gasteiger partial charge is 0.334 e. The molecule has 0 aliphatic heterocycles. The molecule has 0 unspecified atom stereocenters. The van der Waals surface area contributed by atoms with Crippen LogP contribution in [0.5, 0.6) is 0 Å². The van der Waals surface area contributed by atoms with Crippen molar-refractivity contribution in [3.63, 3.8) is 0 Å². The molecular weight excluding hydrogens is 358 g/mol. The van der Waals surface area contributed by atoms with Gasteiger partial charge in [0.15, 0.2) is 5.82 Å². The molecule has 0 amide bonds. The Morgan fingerprint density at radius 3 is 2.70 bits per heavy atom. The van der Waals surface area contributed by atoms with Gasteiger partial charge in [-0.3, -0.25) is 0 Å². The lowest BCUT2D eigenvalue weighted by molar-refractivity contribution is 0.229. The normalized spacial score (nSPS) is 15.7. The smallest absolute Gasteiger partial charge is 0.257 e. The van der Waals surface area contributed by atoms with E-state index in [9.17, 15) is 0 Å². The number of nitrogens with two attached hydrogens (primary N) is 1. The zero-order valence-electron chi connectivity index (χ0n) is 14.7. The molecule has 7 heteroatoms. The zero-order valence-corrected chi connectivity index (χ0v) is 15.5. The minimum absolute atomic E-state index is 0.397. The number of aromatic nitrogens is 4. The van der Waals surface area contributed by atoms with E-state index in [-0.39, 0.29) is 0 Å². The van der Waals surface area contributed by atoms with Gasteiger partial charge >= 0.3 is 0 Å². The Balaban J connectivity index is 1.27. The van der Waals surface area contributed by atoms with Crippen LogP contribution in [0.3, 0.4) is 0 Å². The minimum Gasteiger partial charge on any atom is -0.334 e. The standard InChI is InChI=1S/C20H19N5OS/c21-20(9-3-10-20)19-23-18(26-24-19)14-5-7-16(8-6-14)27-13-15-12-25-11-2-1-4-17(25)22-15/h1-2,4-8,11-12H,3,9-10,13,21H2. The summed E-state index contributed by atoms with van der Waals surface area (Å²) in [5.41, 5.74) is 8.81. The van der Waals surface area contributed by atoms with Crippen molar-refractivity contribution in [3.05, 3.63) is 66.4 Å². The molecule has 0 atom stereocenters. The number of rotatable bonds is 5. The number of imidazole rings is 1. The number of benzene rings is 1. The highest BCUT2D eigenvalue weighted by Crippen LogP contribution is 2.37. The summed E-state index contributed by atoms with van der Waals surface area (Å²) in [7, 11) is 0. The highest BCUT2D eigenvalue weighted by atomic mass is 32.2. The summed E-state index contributed by atoms with van der Waals surface area (Å²) in [5, 5.41) is 4.08. The number of fused-ring (bicyclic) bond motifs is 1. The number of hydrogen-bond acceptors (Lipinski definition) is 6. The minimum atomic E-state index is -0.397. The van der Waals surface area contributed by atoms with E-state index in [4.69, 9.17) is 10.3 Å². The second kappa shape index (κ2) is 6.51. The summed E-state index contributed by atoms with van der Waals surface area (Å²) in [6, 6.07) is 14.2. The van der Waals surface area contributed by atoms with Crippen molar-refractivity contribution in [2.45, 2.75) is 35.4 Å². The Hall–Kier alpha value is -2.64. The molecule has 1 saturated carbocycles. The molecule has 5 rings (SSSR count). The lowest BCUT2D eigenvalue weighted by Gasteiger charge is -2.34. The Morgan fingerprint density at radius 2 is 1.96 bits per heavy atom. The Morgan fingerprint density at radius 1 is 1.11 bits per heavy atom. The number of pyridine rings is 1. The molecule has 0 spiro atoms. The first-order valence-electron chi connectivity index (χ1n) is 8.99. The highest BCUT2D eigenvalue weighted by molar-refractivity contribution is 7.98. The topological polar surface area (TPSA) is 82.2 Å². The maximum atomic E-state index is 6.27. The van der Waals surface area contributed by atoms with Crippen molar-refractivity contribution in [1.82, 2.24) is 19.5 Å². The van der Waals surface area contributed by atoms with Crippen LogP contribution in [0.15, 0.2) is 64.3 Å². The van der Waals surface area contributed by atoms with E-state index >= 15 is 0 Å². The van der Waals surface area contributed by atoms with E-state index in [2.05, 4.69) is 33.5 Å². The average Bonchev–Trinajstić information content (AvgIpc) is 3.32. The van der Waals surface area contributed by atoms with Gasteiger partial charge in [-0.2, -0.15) is 4.98 Å². The molecule has 1 fully saturated rings. The van der Waals surface area contributed by atoms with Gasteiger partial charge in [0, 0.05) is 28.6 Å². The van der Waals surface area contributed by atoms with Gasteiger partial charge in [-0.1, -0.05) is 11.2 Å². The number of nitrogens with zero attached hydrogens (tertiary/aromatic N) is 4. The summed E-state index contributed by atoms with van der Waals surface area (Å²) in [4.78, 5) is 10.3. The molecule has 2 N–H and O–H groups in total. The van der Waals surface area contributed by atoms with Gasteiger partial charge in [0.05, 0.1) is 11.2 Å². The molecule has 6 nitrogen and oxygen atoms in total. The van der Waals surface area contributed by atoms with Crippen molar-refractivity contribution in [2.24, 2.45) is 5.73 Å². The van der Waals surface area contributed by atoms with Crippen molar-refractivity contribution in [3.8, 4) is 11.5 Å². The van der Waals surface area contributed by atoms with Crippen LogP contribution in [0.4, 0.5) is 0 Å². The third-order valence-electron chi connectivity index (χ3n) is 5.02. The molecule has 136 valence electrons. The lowest BCUT2D eigenvalue weighted by Crippen LogP contribution is -2.44. The van der Waals surface area contributed by atoms with E-state index in [0.717, 1.165) is 41.9 Å². The van der Waals surface area contributed by atoms with Gasteiger partial charge in [-0.25, -0.2) is 4.98 Å². The summed E-state index contributed by atoms with van der Waals surface area (Å²) < 4.78 is 7.46. The summed E-state index contributed by atoms with van der Waals surface area (Å²) in [6.07, 6.45) is 7.05. The van der Waals surface area contributed by atoms with Crippen LogP contribution < -0.4 is 5.73 Å². The van der Waals surface area contributed by atoms with Crippen LogP contribution in [-0.2, 0) is 11.3 Å². The third kappa shape index (κ3) is 3.13. The van der Waals surface area contributed by atoms with Crippen molar-refractivity contribution in [1.29, 1.82) is 0 Å². The average molecular weight is 377 g/mol. The van der Waals surface area contributed by atoms with Crippen molar-refractivity contribution >= 4 is 17.4 Å². The van der Waals surface area contributed by atoms with E-state index in [1.807, 2.05) is 40.9 Å². The zero-order chi connectivity index (χ0) is 18.3. The maximum absolute atomic E-state index is 6.27. The second-order valence-electron chi connectivity index (χ2n) is 6.94. The monoisotopic (exact) mass is 377 g/mol. The van der Waals surface area contributed by atoms with E-state index in [1.54, 1.807) is 11.8 Å². The molecule has 0 bridgehead atoms. The SMILES string of the molecule is NC1(c2noc(-c3ccc(SCc4cn5ccccc5n4)cc3)n2)CCC1. The summed E-state index contributed by atoms with van der Waals surface area (Å²) in [5.74, 6) is 1.97. The molecule has 3 aromatic heterocycles. The number of hydrogen-bond donors (Lipinski definition) is 1. The van der Waals surface area contributed by atoms with Crippen molar-refractivity contribution < 1.29 is 4.52 Å². The van der Waals surface area contributed by atoms with Crippen LogP contribution in [0.2, 0.25) is 0 Å². The Kier molecular flexibility index (Phi) is 3.98. The Bertz CT molecular complexity index is 1050. The predicted octanol–water partition coefficient (Wildman–Crippen LogP) is 4.01. The van der Waals surface area contributed by atoms with E-state index in [0.29, 0.717) is 11.7 Å². The fraction of sp³-hybridized carbons (Fsp3) is 0.250. The first kappa shape index (κ1) is 16.5. The first-order chi connectivity index (χ1) is 13.2. The van der Waals surface area contributed by atoms with Crippen LogP contribution in [0.1, 0.15) is 30.8 Å². The summed E-state index contributed by atoms with van der Waals surface area (Å²) >= 11 is 1.75. The quantitative estimate of drug-likeness (QED) is 0.529. The molecule has 0 radical (unpaired) electrons. The molecule has 27 heavy (non-hydrogen) atoms. The molecule has 4 aromatic rings. The Labute approximate surface area is 160 Å². The van der Waals surface area contributed by atoms with Crippen LogP contribution >= 0.6 is 11.8 Å².